The number of carbonyl (C=O) groups excluding carboxylic acids is 1. The first-order valence-corrected chi connectivity index (χ1v) is 12.2. The van der Waals surface area contributed by atoms with Crippen molar-refractivity contribution in [2.45, 2.75) is 46.0 Å². The zero-order valence-corrected chi connectivity index (χ0v) is 20.3. The molecule has 1 amide bonds. The highest BCUT2D eigenvalue weighted by Crippen LogP contribution is 2.36. The van der Waals surface area contributed by atoms with E-state index in [1.165, 1.54) is 5.56 Å². The van der Waals surface area contributed by atoms with Gasteiger partial charge in [0, 0.05) is 31.0 Å². The highest BCUT2D eigenvalue weighted by atomic mass is 16.6. The highest BCUT2D eigenvalue weighted by Gasteiger charge is 2.35. The van der Waals surface area contributed by atoms with Crippen LogP contribution in [0.15, 0.2) is 59.0 Å². The number of oxazole rings is 1. The van der Waals surface area contributed by atoms with Crippen molar-refractivity contribution in [2.75, 3.05) is 26.3 Å². The summed E-state index contributed by atoms with van der Waals surface area (Å²) in [6.45, 7) is 8.54. The lowest BCUT2D eigenvalue weighted by Gasteiger charge is -2.18. The highest BCUT2D eigenvalue weighted by molar-refractivity contribution is 5.68. The first-order valence-electron chi connectivity index (χ1n) is 12.2. The topological polar surface area (TPSA) is 64.8 Å². The average Bonchev–Trinajstić information content (AvgIpc) is 3.47. The molecule has 180 valence electrons. The molecule has 2 heterocycles. The van der Waals surface area contributed by atoms with Gasteiger partial charge in [0.05, 0.1) is 18.9 Å². The summed E-state index contributed by atoms with van der Waals surface area (Å²) in [6.07, 6.45) is 2.32. The van der Waals surface area contributed by atoms with E-state index >= 15 is 0 Å². The van der Waals surface area contributed by atoms with Crippen molar-refractivity contribution in [3.8, 4) is 17.2 Å². The maximum absolute atomic E-state index is 12.4. The number of hydrogen-bond donors (Lipinski definition) is 0. The van der Waals surface area contributed by atoms with Gasteiger partial charge in [-0.15, -0.1) is 0 Å². The Labute approximate surface area is 201 Å². The van der Waals surface area contributed by atoms with Crippen LogP contribution in [0.5, 0.6) is 5.75 Å². The number of hydrogen-bond acceptors (Lipinski definition) is 5. The van der Waals surface area contributed by atoms with Gasteiger partial charge in [0.1, 0.15) is 11.5 Å². The Hall–Kier alpha value is -3.28. The molecule has 0 saturated carbocycles. The van der Waals surface area contributed by atoms with Crippen molar-refractivity contribution in [3.05, 3.63) is 71.6 Å². The molecule has 0 unspecified atom stereocenters. The maximum atomic E-state index is 12.4. The minimum absolute atomic E-state index is 0.201. The van der Waals surface area contributed by atoms with Crippen LogP contribution in [0.4, 0.5) is 4.79 Å². The van der Waals surface area contributed by atoms with Gasteiger partial charge in [-0.25, -0.2) is 9.78 Å². The summed E-state index contributed by atoms with van der Waals surface area (Å²) in [6, 6.07) is 18.2. The molecule has 2 aromatic carbocycles. The first kappa shape index (κ1) is 23.9. The molecule has 0 aliphatic carbocycles. The van der Waals surface area contributed by atoms with Crippen LogP contribution in [0, 0.1) is 12.8 Å². The first-order chi connectivity index (χ1) is 16.6. The molecule has 0 N–H and O–H groups in total. The van der Waals surface area contributed by atoms with Gasteiger partial charge in [0.15, 0.2) is 0 Å². The number of likely N-dealkylation sites (tertiary alicyclic amines) is 1. The van der Waals surface area contributed by atoms with Gasteiger partial charge in [-0.2, -0.15) is 0 Å². The van der Waals surface area contributed by atoms with Crippen molar-refractivity contribution in [2.24, 2.45) is 5.92 Å². The Kier molecular flexibility index (Phi) is 7.88. The monoisotopic (exact) mass is 462 g/mol. The van der Waals surface area contributed by atoms with Crippen LogP contribution < -0.4 is 4.74 Å². The van der Waals surface area contributed by atoms with Crippen LogP contribution in [0.25, 0.3) is 11.5 Å². The largest absolute Gasteiger partial charge is 0.493 e. The molecule has 2 atom stereocenters. The third-order valence-corrected chi connectivity index (χ3v) is 6.46. The zero-order valence-electron chi connectivity index (χ0n) is 20.3. The quantitative estimate of drug-likeness (QED) is 0.376. The van der Waals surface area contributed by atoms with Crippen LogP contribution in [-0.2, 0) is 11.2 Å². The smallest absolute Gasteiger partial charge is 0.409 e. The molecule has 34 heavy (non-hydrogen) atoms. The standard InChI is InChI=1S/C28H34N2O4/c1-4-15-33-28(31)30-18-21(5-2)25(19-30)23-12-9-13-24(17-23)32-16-14-26-20(3)34-27(29-26)22-10-7-6-8-11-22/h6-13,17,21,25H,4-5,14-16,18-19H2,1-3H3/t21-,25+/m1/s1. The second kappa shape index (κ2) is 11.2. The minimum atomic E-state index is -0.201. The number of aryl methyl sites for hydroxylation is 1. The summed E-state index contributed by atoms with van der Waals surface area (Å²) >= 11 is 0. The molecule has 1 aliphatic rings. The van der Waals surface area contributed by atoms with E-state index in [0.29, 0.717) is 38.0 Å². The van der Waals surface area contributed by atoms with E-state index in [0.717, 1.165) is 42.2 Å². The number of aromatic nitrogens is 1. The van der Waals surface area contributed by atoms with E-state index in [1.807, 2.05) is 61.2 Å². The Morgan fingerprint density at radius 2 is 1.91 bits per heavy atom. The molecular formula is C28H34N2O4. The number of rotatable bonds is 9. The van der Waals surface area contributed by atoms with Crippen LogP contribution >= 0.6 is 0 Å². The van der Waals surface area contributed by atoms with Crippen molar-refractivity contribution in [1.29, 1.82) is 0 Å². The summed E-state index contributed by atoms with van der Waals surface area (Å²) < 4.78 is 17.3. The normalized spacial score (nSPS) is 17.7. The lowest BCUT2D eigenvalue weighted by Crippen LogP contribution is -2.29. The number of amides is 1. The molecule has 6 heteroatoms. The van der Waals surface area contributed by atoms with Gasteiger partial charge in [0.25, 0.3) is 0 Å². The van der Waals surface area contributed by atoms with Crippen molar-refractivity contribution < 1.29 is 18.7 Å². The number of ether oxygens (including phenoxy) is 2. The van der Waals surface area contributed by atoms with E-state index in [4.69, 9.17) is 13.9 Å². The lowest BCUT2D eigenvalue weighted by molar-refractivity contribution is 0.109. The molecule has 0 spiro atoms. The van der Waals surface area contributed by atoms with Crippen LogP contribution in [0.3, 0.4) is 0 Å². The van der Waals surface area contributed by atoms with E-state index in [-0.39, 0.29) is 12.0 Å². The fourth-order valence-electron chi connectivity index (χ4n) is 4.56. The summed E-state index contributed by atoms with van der Waals surface area (Å²) in [7, 11) is 0. The summed E-state index contributed by atoms with van der Waals surface area (Å²) in [5, 5.41) is 0. The lowest BCUT2D eigenvalue weighted by atomic mass is 9.87. The fraction of sp³-hybridized carbons (Fsp3) is 0.429. The molecule has 3 aromatic rings. The average molecular weight is 463 g/mol. The van der Waals surface area contributed by atoms with Crippen LogP contribution in [0.1, 0.15) is 49.6 Å². The van der Waals surface area contributed by atoms with Crippen molar-refractivity contribution in [3.63, 3.8) is 0 Å². The van der Waals surface area contributed by atoms with Crippen molar-refractivity contribution >= 4 is 6.09 Å². The Balaban J connectivity index is 1.37. The van der Waals surface area contributed by atoms with Gasteiger partial charge in [-0.3, -0.25) is 0 Å². The molecule has 6 nitrogen and oxygen atoms in total. The molecular weight excluding hydrogens is 428 g/mol. The fourth-order valence-corrected chi connectivity index (χ4v) is 4.56. The van der Waals surface area contributed by atoms with E-state index in [1.54, 1.807) is 0 Å². The molecule has 0 bridgehead atoms. The third kappa shape index (κ3) is 5.61. The Bertz CT molecular complexity index is 1080. The summed E-state index contributed by atoms with van der Waals surface area (Å²) in [4.78, 5) is 18.9. The second-order valence-electron chi connectivity index (χ2n) is 8.85. The molecule has 4 rings (SSSR count). The summed E-state index contributed by atoms with van der Waals surface area (Å²) in [5.41, 5.74) is 3.09. The van der Waals surface area contributed by atoms with Crippen molar-refractivity contribution in [1.82, 2.24) is 9.88 Å². The van der Waals surface area contributed by atoms with E-state index in [9.17, 15) is 4.79 Å². The molecule has 1 aromatic heterocycles. The van der Waals surface area contributed by atoms with Gasteiger partial charge >= 0.3 is 6.09 Å². The number of carbonyl (C=O) groups is 1. The van der Waals surface area contributed by atoms with E-state index < -0.39 is 0 Å². The summed E-state index contributed by atoms with van der Waals surface area (Å²) in [5.74, 6) is 3.00. The van der Waals surface area contributed by atoms with Gasteiger partial charge < -0.3 is 18.8 Å². The second-order valence-corrected chi connectivity index (χ2v) is 8.85. The maximum Gasteiger partial charge on any atom is 0.409 e. The SMILES string of the molecule is CCCOC(=O)N1C[C@@H](CC)[C@@H](c2cccc(OCCc3nc(-c4ccccc4)oc3C)c2)C1. The minimum Gasteiger partial charge on any atom is -0.493 e. The number of nitrogens with zero attached hydrogens (tertiary/aromatic N) is 2. The Morgan fingerprint density at radius 1 is 1.09 bits per heavy atom. The molecule has 1 aliphatic heterocycles. The van der Waals surface area contributed by atoms with E-state index in [2.05, 4.69) is 24.0 Å². The molecule has 1 fully saturated rings. The molecule has 0 radical (unpaired) electrons. The van der Waals surface area contributed by atoms with Gasteiger partial charge in [-0.05, 0) is 49.1 Å². The predicted octanol–water partition coefficient (Wildman–Crippen LogP) is 6.24. The third-order valence-electron chi connectivity index (χ3n) is 6.46. The van der Waals surface area contributed by atoms with Gasteiger partial charge in [-0.1, -0.05) is 50.6 Å². The van der Waals surface area contributed by atoms with Gasteiger partial charge in [0.2, 0.25) is 5.89 Å². The molecule has 1 saturated heterocycles. The Morgan fingerprint density at radius 3 is 2.68 bits per heavy atom. The van der Waals surface area contributed by atoms with Crippen LogP contribution in [0.2, 0.25) is 0 Å². The van der Waals surface area contributed by atoms with Crippen LogP contribution in [-0.4, -0.2) is 42.3 Å². The number of benzene rings is 2. The predicted molar refractivity (Wildman–Crippen MR) is 132 cm³/mol. The zero-order chi connectivity index (χ0) is 23.9.